The van der Waals surface area contributed by atoms with Crippen LogP contribution in [0.1, 0.15) is 6.42 Å². The van der Waals surface area contributed by atoms with E-state index in [0.717, 1.165) is 6.20 Å². The molecule has 1 aliphatic rings. The van der Waals surface area contributed by atoms with Gasteiger partial charge in [-0.1, -0.05) is 0 Å². The third-order valence-electron chi connectivity index (χ3n) is 2.55. The third-order valence-corrected chi connectivity index (χ3v) is 4.45. The van der Waals surface area contributed by atoms with E-state index in [-0.39, 0.29) is 29.2 Å². The van der Waals surface area contributed by atoms with Crippen molar-refractivity contribution < 1.29 is 12.8 Å². The van der Waals surface area contributed by atoms with Crippen molar-refractivity contribution in [3.8, 4) is 0 Å². The van der Waals surface area contributed by atoms with Crippen molar-refractivity contribution in [1.82, 2.24) is 9.97 Å². The van der Waals surface area contributed by atoms with Crippen LogP contribution in [0.25, 0.3) is 0 Å². The van der Waals surface area contributed by atoms with Gasteiger partial charge in [0.25, 0.3) is 0 Å². The zero-order valence-electron chi connectivity index (χ0n) is 8.94. The SMILES string of the molecule is O=S1(=O)CCCN(c2nc(Cl)ncc2F)CC1. The molecule has 2 rings (SSSR count). The lowest BCUT2D eigenvalue weighted by Crippen LogP contribution is -2.28. The number of aromatic nitrogens is 2. The first-order chi connectivity index (χ1) is 7.98. The summed E-state index contributed by atoms with van der Waals surface area (Å²) in [5, 5.41) is -0.0477. The summed E-state index contributed by atoms with van der Waals surface area (Å²) in [7, 11) is -3.02. The maximum atomic E-state index is 13.5. The highest BCUT2D eigenvalue weighted by molar-refractivity contribution is 7.91. The zero-order chi connectivity index (χ0) is 12.5. The van der Waals surface area contributed by atoms with Gasteiger partial charge >= 0.3 is 0 Å². The molecular weight excluding hydrogens is 269 g/mol. The molecule has 0 aliphatic carbocycles. The predicted octanol–water partition coefficient (Wildman–Crippen LogP) is 0.894. The summed E-state index contributed by atoms with van der Waals surface area (Å²) in [5.41, 5.74) is 0. The molecule has 0 unspecified atom stereocenters. The molecule has 0 spiro atoms. The molecule has 1 aliphatic heterocycles. The van der Waals surface area contributed by atoms with Crippen LogP contribution in [-0.4, -0.2) is 43.0 Å². The molecule has 0 N–H and O–H groups in total. The minimum absolute atomic E-state index is 0.00800. The predicted molar refractivity (Wildman–Crippen MR) is 62.5 cm³/mol. The third kappa shape index (κ3) is 3.04. The normalized spacial score (nSPS) is 20.0. The van der Waals surface area contributed by atoms with Crippen molar-refractivity contribution in [2.24, 2.45) is 0 Å². The van der Waals surface area contributed by atoms with Crippen LogP contribution < -0.4 is 4.90 Å². The Kier molecular flexibility index (Phi) is 3.48. The van der Waals surface area contributed by atoms with Crippen molar-refractivity contribution in [2.45, 2.75) is 6.42 Å². The van der Waals surface area contributed by atoms with Gasteiger partial charge < -0.3 is 4.90 Å². The number of hydrogen-bond acceptors (Lipinski definition) is 5. The molecule has 0 radical (unpaired) electrons. The van der Waals surface area contributed by atoms with Gasteiger partial charge in [-0.2, -0.15) is 4.98 Å². The van der Waals surface area contributed by atoms with E-state index >= 15 is 0 Å². The van der Waals surface area contributed by atoms with Crippen molar-refractivity contribution in [3.05, 3.63) is 17.3 Å². The Hall–Kier alpha value is -0.950. The van der Waals surface area contributed by atoms with Crippen LogP contribution in [0.5, 0.6) is 0 Å². The summed E-state index contributed by atoms with van der Waals surface area (Å²) < 4.78 is 36.3. The lowest BCUT2D eigenvalue weighted by atomic mass is 10.4. The van der Waals surface area contributed by atoms with Crippen LogP contribution >= 0.6 is 11.6 Å². The Labute approximate surface area is 104 Å². The minimum atomic E-state index is -3.02. The minimum Gasteiger partial charge on any atom is -0.353 e. The van der Waals surface area contributed by atoms with E-state index in [2.05, 4.69) is 9.97 Å². The number of nitrogens with zero attached hydrogens (tertiary/aromatic N) is 3. The highest BCUT2D eigenvalue weighted by Gasteiger charge is 2.22. The molecule has 2 heterocycles. The Balaban J connectivity index is 2.25. The molecule has 1 saturated heterocycles. The van der Waals surface area contributed by atoms with Gasteiger partial charge in [0.1, 0.15) is 0 Å². The standard InChI is InChI=1S/C9H11ClFN3O2S/c10-9-12-6-7(11)8(13-9)14-2-1-4-17(15,16)5-3-14/h6H,1-5H2. The van der Waals surface area contributed by atoms with Crippen LogP contribution in [-0.2, 0) is 9.84 Å². The van der Waals surface area contributed by atoms with Crippen molar-refractivity contribution in [1.29, 1.82) is 0 Å². The molecule has 0 atom stereocenters. The molecule has 94 valence electrons. The van der Waals surface area contributed by atoms with E-state index in [9.17, 15) is 12.8 Å². The maximum Gasteiger partial charge on any atom is 0.224 e. The van der Waals surface area contributed by atoms with E-state index < -0.39 is 15.7 Å². The molecule has 8 heteroatoms. The molecule has 17 heavy (non-hydrogen) atoms. The molecule has 1 aromatic heterocycles. The summed E-state index contributed by atoms with van der Waals surface area (Å²) in [5.74, 6) is -0.381. The Morgan fingerprint density at radius 1 is 1.35 bits per heavy atom. The van der Waals surface area contributed by atoms with Gasteiger partial charge in [-0.25, -0.2) is 17.8 Å². The summed E-state index contributed by atoms with van der Waals surface area (Å²) in [6.45, 7) is 0.677. The molecular formula is C9H11ClFN3O2S. The van der Waals surface area contributed by atoms with Crippen LogP contribution in [0.3, 0.4) is 0 Å². The molecule has 0 amide bonds. The monoisotopic (exact) mass is 279 g/mol. The molecule has 0 aromatic carbocycles. The number of anilines is 1. The van der Waals surface area contributed by atoms with E-state index in [0.29, 0.717) is 13.0 Å². The van der Waals surface area contributed by atoms with Gasteiger partial charge in [0.05, 0.1) is 17.7 Å². The average Bonchev–Trinajstić information content (AvgIpc) is 2.43. The van der Waals surface area contributed by atoms with Crippen LogP contribution in [0, 0.1) is 5.82 Å². The van der Waals surface area contributed by atoms with Gasteiger partial charge in [0.15, 0.2) is 21.5 Å². The summed E-state index contributed by atoms with van der Waals surface area (Å²) in [6, 6.07) is 0. The lowest BCUT2D eigenvalue weighted by Gasteiger charge is -2.20. The fourth-order valence-corrected chi connectivity index (χ4v) is 3.11. The summed E-state index contributed by atoms with van der Waals surface area (Å²) in [6.07, 6.45) is 1.45. The number of halogens is 2. The fraction of sp³-hybridized carbons (Fsp3) is 0.556. The van der Waals surface area contributed by atoms with E-state index in [4.69, 9.17) is 11.6 Å². The van der Waals surface area contributed by atoms with E-state index in [1.54, 1.807) is 4.90 Å². The molecule has 0 bridgehead atoms. The first kappa shape index (κ1) is 12.5. The zero-order valence-corrected chi connectivity index (χ0v) is 10.5. The second-order valence-electron chi connectivity index (χ2n) is 3.80. The van der Waals surface area contributed by atoms with Crippen molar-refractivity contribution in [3.63, 3.8) is 0 Å². The van der Waals surface area contributed by atoms with Crippen molar-refractivity contribution in [2.75, 3.05) is 29.5 Å². The largest absolute Gasteiger partial charge is 0.353 e. The number of hydrogen-bond donors (Lipinski definition) is 0. The molecule has 1 fully saturated rings. The second-order valence-corrected chi connectivity index (χ2v) is 6.44. The van der Waals surface area contributed by atoms with Crippen molar-refractivity contribution >= 4 is 27.3 Å². The fourth-order valence-electron chi connectivity index (χ4n) is 1.71. The topological polar surface area (TPSA) is 63.2 Å². The number of sulfone groups is 1. The quantitative estimate of drug-likeness (QED) is 0.715. The Morgan fingerprint density at radius 3 is 2.88 bits per heavy atom. The summed E-state index contributed by atoms with van der Waals surface area (Å²) >= 11 is 5.60. The van der Waals surface area contributed by atoms with E-state index in [1.807, 2.05) is 0 Å². The van der Waals surface area contributed by atoms with Gasteiger partial charge in [-0.15, -0.1) is 0 Å². The highest BCUT2D eigenvalue weighted by atomic mass is 35.5. The molecule has 0 saturated carbocycles. The van der Waals surface area contributed by atoms with Gasteiger partial charge in [-0.3, -0.25) is 0 Å². The maximum absolute atomic E-state index is 13.5. The van der Waals surface area contributed by atoms with Crippen LogP contribution in [0.15, 0.2) is 6.20 Å². The first-order valence-electron chi connectivity index (χ1n) is 5.11. The Morgan fingerprint density at radius 2 is 2.12 bits per heavy atom. The van der Waals surface area contributed by atoms with Crippen LogP contribution in [0.2, 0.25) is 5.28 Å². The first-order valence-corrected chi connectivity index (χ1v) is 7.31. The Bertz CT molecular complexity index is 523. The van der Waals surface area contributed by atoms with Crippen LogP contribution in [0.4, 0.5) is 10.2 Å². The molecule has 5 nitrogen and oxygen atoms in total. The van der Waals surface area contributed by atoms with Gasteiger partial charge in [-0.05, 0) is 18.0 Å². The lowest BCUT2D eigenvalue weighted by molar-refractivity contribution is 0.596. The van der Waals surface area contributed by atoms with E-state index in [1.165, 1.54) is 0 Å². The smallest absolute Gasteiger partial charge is 0.224 e. The number of rotatable bonds is 1. The van der Waals surface area contributed by atoms with Gasteiger partial charge in [0.2, 0.25) is 5.28 Å². The summed E-state index contributed by atoms with van der Waals surface area (Å²) in [4.78, 5) is 8.91. The second kappa shape index (κ2) is 4.73. The van der Waals surface area contributed by atoms with Gasteiger partial charge in [0, 0.05) is 13.1 Å². The molecule has 1 aromatic rings. The average molecular weight is 280 g/mol. The highest BCUT2D eigenvalue weighted by Crippen LogP contribution is 2.19.